The lowest BCUT2D eigenvalue weighted by atomic mass is 10.0. The van der Waals surface area contributed by atoms with E-state index in [0.29, 0.717) is 29.3 Å². The number of H-pyrrole nitrogens is 1. The van der Waals surface area contributed by atoms with Gasteiger partial charge < -0.3 is 19.2 Å². The molecule has 9 nitrogen and oxygen atoms in total. The van der Waals surface area contributed by atoms with Gasteiger partial charge in [-0.1, -0.05) is 6.07 Å². The van der Waals surface area contributed by atoms with Gasteiger partial charge in [0, 0.05) is 41.3 Å². The number of rotatable bonds is 7. The summed E-state index contributed by atoms with van der Waals surface area (Å²) >= 11 is 0. The summed E-state index contributed by atoms with van der Waals surface area (Å²) in [6.07, 6.45) is 8.43. The Morgan fingerprint density at radius 1 is 1.22 bits per heavy atom. The maximum absolute atomic E-state index is 13.2. The summed E-state index contributed by atoms with van der Waals surface area (Å²) in [6.45, 7) is 4.05. The van der Waals surface area contributed by atoms with Crippen LogP contribution in [0.1, 0.15) is 23.6 Å². The molecule has 0 amide bonds. The molecule has 37 heavy (non-hydrogen) atoms. The summed E-state index contributed by atoms with van der Waals surface area (Å²) in [5.41, 5.74) is 3.67. The second-order valence-electron chi connectivity index (χ2n) is 8.35. The van der Waals surface area contributed by atoms with Crippen molar-refractivity contribution >= 4 is 40.4 Å². The molecule has 186 valence electrons. The van der Waals surface area contributed by atoms with Gasteiger partial charge in [-0.05, 0) is 61.9 Å². The van der Waals surface area contributed by atoms with Crippen LogP contribution in [0.3, 0.4) is 0 Å². The van der Waals surface area contributed by atoms with Gasteiger partial charge in [-0.2, -0.15) is 0 Å². The Balaban J connectivity index is 1.43. The summed E-state index contributed by atoms with van der Waals surface area (Å²) in [7, 11) is 0. The minimum absolute atomic E-state index is 0.00985. The van der Waals surface area contributed by atoms with Gasteiger partial charge in [-0.25, -0.2) is 9.98 Å². The van der Waals surface area contributed by atoms with Crippen molar-refractivity contribution in [2.45, 2.75) is 20.5 Å². The van der Waals surface area contributed by atoms with Crippen molar-refractivity contribution in [2.75, 3.05) is 6.61 Å². The molecule has 1 atom stereocenters. The highest BCUT2D eigenvalue weighted by Gasteiger charge is 2.44. The number of esters is 1. The molecular formula is C28H24N4O5. The lowest BCUT2D eigenvalue weighted by Gasteiger charge is -2.10. The number of allylic oxidation sites excluding steroid dienone is 1. The van der Waals surface area contributed by atoms with Crippen LogP contribution in [0.4, 0.5) is 5.69 Å². The normalized spacial score (nSPS) is 17.4. The number of Topliss-reactive ketones (excluding diaryl/α,β-unsaturated/α-hetero) is 1. The lowest BCUT2D eigenvalue weighted by Crippen LogP contribution is -2.27. The minimum atomic E-state index is -1.28. The summed E-state index contributed by atoms with van der Waals surface area (Å²) < 4.78 is 16.9. The number of nitrogens with one attached hydrogen (secondary N) is 1. The average Bonchev–Trinajstić information content (AvgIpc) is 3.45. The second-order valence-corrected chi connectivity index (χ2v) is 8.35. The van der Waals surface area contributed by atoms with Gasteiger partial charge in [0.15, 0.2) is 11.7 Å². The van der Waals surface area contributed by atoms with E-state index in [9.17, 15) is 9.59 Å². The molecule has 1 fully saturated rings. The van der Waals surface area contributed by atoms with Crippen molar-refractivity contribution in [3.8, 4) is 5.75 Å². The second kappa shape index (κ2) is 10.4. The van der Waals surface area contributed by atoms with E-state index in [-0.39, 0.29) is 18.3 Å². The summed E-state index contributed by atoms with van der Waals surface area (Å²) in [6, 6.07) is 12.8. The molecule has 0 aliphatic carbocycles. The van der Waals surface area contributed by atoms with Crippen LogP contribution in [0.15, 0.2) is 78.0 Å². The van der Waals surface area contributed by atoms with Crippen LogP contribution in [0.5, 0.6) is 5.75 Å². The zero-order valence-electron chi connectivity index (χ0n) is 20.3. The molecule has 1 N–H and O–H groups in total. The predicted molar refractivity (Wildman–Crippen MR) is 137 cm³/mol. The van der Waals surface area contributed by atoms with Gasteiger partial charge in [0.25, 0.3) is 0 Å². The fraction of sp³-hybridized carbons (Fsp3) is 0.179. The van der Waals surface area contributed by atoms with Crippen molar-refractivity contribution in [3.05, 3.63) is 89.7 Å². The van der Waals surface area contributed by atoms with Crippen LogP contribution in [0.2, 0.25) is 0 Å². The highest BCUT2D eigenvalue weighted by molar-refractivity contribution is 6.27. The van der Waals surface area contributed by atoms with Crippen molar-refractivity contribution < 1.29 is 23.8 Å². The van der Waals surface area contributed by atoms with Crippen LogP contribution < -0.4 is 4.74 Å². The van der Waals surface area contributed by atoms with E-state index < -0.39 is 17.7 Å². The summed E-state index contributed by atoms with van der Waals surface area (Å²) in [5.74, 6) is -1.86. The quantitative estimate of drug-likeness (QED) is 0.224. The zero-order chi connectivity index (χ0) is 25.8. The molecule has 1 aliphatic heterocycles. The molecule has 1 unspecified atom stereocenters. The molecule has 0 radical (unpaired) electrons. The number of hydrogen-bond acceptors (Lipinski definition) is 8. The number of aromatic nitrogens is 3. The Morgan fingerprint density at radius 2 is 2.08 bits per heavy atom. The standard InChI is InChI=1S/C28H24N4O5/c1-3-35-28(34)24-25(33)23(13-19-15-31-26-21(19)7-5-11-30-26)37-27(24)32-22-9-8-20(12-17(22)2)36-16-18-6-4-10-29-14-18/h4-15,24H,3,16H2,1-2H3,(H,30,31)/b23-13-,32-27?. The number of benzene rings is 1. The minimum Gasteiger partial charge on any atom is -0.489 e. The largest absolute Gasteiger partial charge is 0.489 e. The van der Waals surface area contributed by atoms with Crippen LogP contribution in [-0.4, -0.2) is 39.2 Å². The number of pyridine rings is 2. The maximum atomic E-state index is 13.2. The number of carbonyl (C=O) groups is 2. The average molecular weight is 497 g/mol. The van der Waals surface area contributed by atoms with Crippen molar-refractivity contribution in [2.24, 2.45) is 10.9 Å². The van der Waals surface area contributed by atoms with Crippen molar-refractivity contribution in [1.82, 2.24) is 15.0 Å². The molecule has 0 bridgehead atoms. The van der Waals surface area contributed by atoms with Gasteiger partial charge in [-0.15, -0.1) is 0 Å². The Kier molecular flexibility index (Phi) is 6.76. The first-order chi connectivity index (χ1) is 18.0. The smallest absolute Gasteiger partial charge is 0.326 e. The number of ketones is 1. The van der Waals surface area contributed by atoms with Crippen LogP contribution in [-0.2, 0) is 25.7 Å². The number of aryl methyl sites for hydroxylation is 1. The van der Waals surface area contributed by atoms with E-state index >= 15 is 0 Å². The highest BCUT2D eigenvalue weighted by Crippen LogP contribution is 2.31. The van der Waals surface area contributed by atoms with Crippen molar-refractivity contribution in [1.29, 1.82) is 0 Å². The fourth-order valence-electron chi connectivity index (χ4n) is 3.95. The van der Waals surface area contributed by atoms with Crippen molar-refractivity contribution in [3.63, 3.8) is 0 Å². The molecule has 9 heteroatoms. The number of nitrogens with zero attached hydrogens (tertiary/aromatic N) is 3. The van der Waals surface area contributed by atoms with Gasteiger partial charge in [0.1, 0.15) is 18.0 Å². The third-order valence-corrected chi connectivity index (χ3v) is 5.79. The number of carbonyl (C=O) groups excluding carboxylic acids is 2. The maximum Gasteiger partial charge on any atom is 0.326 e. The van der Waals surface area contributed by atoms with E-state index in [2.05, 4.69) is 19.9 Å². The molecule has 1 aliphatic rings. The Bertz CT molecular complexity index is 1520. The molecule has 0 saturated carbocycles. The fourth-order valence-corrected chi connectivity index (χ4v) is 3.95. The first-order valence-corrected chi connectivity index (χ1v) is 11.8. The molecule has 4 aromatic rings. The monoisotopic (exact) mass is 496 g/mol. The Labute approximate surface area is 212 Å². The zero-order valence-corrected chi connectivity index (χ0v) is 20.3. The van der Waals surface area contributed by atoms with Gasteiger partial charge >= 0.3 is 5.97 Å². The Hall–Kier alpha value is -4.79. The van der Waals surface area contributed by atoms with Gasteiger partial charge in [0.05, 0.1) is 12.3 Å². The molecule has 5 rings (SSSR count). The molecule has 3 aromatic heterocycles. The predicted octanol–water partition coefficient (Wildman–Crippen LogP) is 4.70. The van der Waals surface area contributed by atoms with Crippen LogP contribution >= 0.6 is 0 Å². The van der Waals surface area contributed by atoms with E-state index in [1.807, 2.05) is 31.2 Å². The lowest BCUT2D eigenvalue weighted by molar-refractivity contribution is -0.147. The summed E-state index contributed by atoms with van der Waals surface area (Å²) in [5, 5.41) is 0.821. The molecule has 1 aromatic carbocycles. The molecular weight excluding hydrogens is 472 g/mol. The van der Waals surface area contributed by atoms with Crippen LogP contribution in [0.25, 0.3) is 17.1 Å². The van der Waals surface area contributed by atoms with Gasteiger partial charge in [-0.3, -0.25) is 14.6 Å². The number of aromatic amines is 1. The third-order valence-electron chi connectivity index (χ3n) is 5.79. The topological polar surface area (TPSA) is 116 Å². The molecule has 0 spiro atoms. The number of ether oxygens (including phenoxy) is 3. The van der Waals surface area contributed by atoms with E-state index in [1.165, 1.54) is 0 Å². The Morgan fingerprint density at radius 3 is 2.86 bits per heavy atom. The van der Waals surface area contributed by atoms with E-state index in [0.717, 1.165) is 16.5 Å². The third kappa shape index (κ3) is 5.11. The van der Waals surface area contributed by atoms with Gasteiger partial charge in [0.2, 0.25) is 11.7 Å². The molecule has 4 heterocycles. The van der Waals surface area contributed by atoms with Crippen LogP contribution in [0, 0.1) is 12.8 Å². The van der Waals surface area contributed by atoms with E-state index in [1.54, 1.807) is 56.0 Å². The first-order valence-electron chi connectivity index (χ1n) is 11.8. The molecule has 1 saturated heterocycles. The van der Waals surface area contributed by atoms with E-state index in [4.69, 9.17) is 14.2 Å². The SMILES string of the molecule is CCOC(=O)C1C(=O)/C(=C/c2c[nH]c3ncccc23)OC1=Nc1ccc(OCc2cccnc2)cc1C. The number of aliphatic imine (C=N–C) groups is 1. The number of hydrogen-bond donors (Lipinski definition) is 1. The summed E-state index contributed by atoms with van der Waals surface area (Å²) in [4.78, 5) is 41.9. The number of fused-ring (bicyclic) bond motifs is 1. The first kappa shape index (κ1) is 23.9. The highest BCUT2D eigenvalue weighted by atomic mass is 16.5.